The predicted octanol–water partition coefficient (Wildman–Crippen LogP) is 1.36. The summed E-state index contributed by atoms with van der Waals surface area (Å²) in [5, 5.41) is 0. The first kappa shape index (κ1) is 9.07. The zero-order chi connectivity index (χ0) is 8.27. The van der Waals surface area contributed by atoms with Crippen LogP contribution in [0.5, 0.6) is 0 Å². The fourth-order valence-electron chi connectivity index (χ4n) is 1.34. The van der Waals surface area contributed by atoms with E-state index in [1.165, 1.54) is 12.2 Å². The zero-order valence-corrected chi connectivity index (χ0v) is 7.99. The molecule has 1 rings (SSSR count). The summed E-state index contributed by atoms with van der Waals surface area (Å²) in [5.74, 6) is 2.61. The molecule has 0 aromatic heterocycles. The summed E-state index contributed by atoms with van der Waals surface area (Å²) in [4.78, 5) is 13.1. The number of nitrogens with zero attached hydrogens (tertiary/aromatic N) is 1. The first-order chi connectivity index (χ1) is 5.20. The van der Waals surface area contributed by atoms with E-state index in [1.54, 1.807) is 6.92 Å². The quantitative estimate of drug-likeness (QED) is 0.629. The lowest BCUT2D eigenvalue weighted by molar-refractivity contribution is -0.118. The first-order valence-corrected chi connectivity index (χ1v) is 5.13. The number of carbonyl (C=O) groups is 1. The third-order valence-electron chi connectivity index (χ3n) is 2.04. The minimum absolute atomic E-state index is 0.314. The van der Waals surface area contributed by atoms with Crippen molar-refractivity contribution >= 4 is 17.5 Å². The van der Waals surface area contributed by atoms with E-state index in [0.29, 0.717) is 11.8 Å². The Kier molecular flexibility index (Phi) is 3.40. The van der Waals surface area contributed by atoms with Crippen molar-refractivity contribution in [3.8, 4) is 0 Å². The fourth-order valence-corrected chi connectivity index (χ4v) is 2.41. The maximum Gasteiger partial charge on any atom is 0.131 e. The Morgan fingerprint density at radius 3 is 3.00 bits per heavy atom. The molecule has 1 saturated heterocycles. The molecule has 0 bridgehead atoms. The number of ketones is 1. The van der Waals surface area contributed by atoms with Crippen LogP contribution in [0.15, 0.2) is 0 Å². The molecule has 64 valence electrons. The highest BCUT2D eigenvalue weighted by molar-refractivity contribution is 7.99. The molecule has 0 amide bonds. The maximum atomic E-state index is 10.8. The summed E-state index contributed by atoms with van der Waals surface area (Å²) in [7, 11) is 2.10. The highest BCUT2D eigenvalue weighted by atomic mass is 32.2. The predicted molar refractivity (Wildman–Crippen MR) is 48.8 cm³/mol. The van der Waals surface area contributed by atoms with Gasteiger partial charge >= 0.3 is 0 Å². The normalized spacial score (nSPS) is 26.9. The lowest BCUT2D eigenvalue weighted by Gasteiger charge is -2.31. The van der Waals surface area contributed by atoms with E-state index in [0.717, 1.165) is 12.3 Å². The lowest BCUT2D eigenvalue weighted by atomic mass is 10.1. The van der Waals surface area contributed by atoms with E-state index in [1.807, 2.05) is 11.8 Å². The second kappa shape index (κ2) is 4.12. The van der Waals surface area contributed by atoms with Gasteiger partial charge in [-0.1, -0.05) is 0 Å². The van der Waals surface area contributed by atoms with Crippen molar-refractivity contribution in [2.45, 2.75) is 25.8 Å². The van der Waals surface area contributed by atoms with Crippen LogP contribution in [0.4, 0.5) is 0 Å². The van der Waals surface area contributed by atoms with Crippen LogP contribution in [0.2, 0.25) is 0 Å². The van der Waals surface area contributed by atoms with Crippen molar-refractivity contribution < 1.29 is 4.79 Å². The molecule has 0 saturated carbocycles. The molecule has 0 N–H and O–H groups in total. The maximum absolute atomic E-state index is 10.8. The van der Waals surface area contributed by atoms with E-state index >= 15 is 0 Å². The van der Waals surface area contributed by atoms with E-state index in [2.05, 4.69) is 11.9 Å². The summed E-state index contributed by atoms with van der Waals surface area (Å²) < 4.78 is 0. The summed E-state index contributed by atoms with van der Waals surface area (Å²) in [6.07, 6.45) is 1.90. The number of rotatable bonds is 2. The lowest BCUT2D eigenvalue weighted by Crippen LogP contribution is -2.36. The molecule has 1 unspecified atom stereocenters. The number of hydrogen-bond acceptors (Lipinski definition) is 3. The van der Waals surface area contributed by atoms with Gasteiger partial charge in [-0.2, -0.15) is 0 Å². The minimum atomic E-state index is 0.314. The van der Waals surface area contributed by atoms with Gasteiger partial charge in [0, 0.05) is 18.3 Å². The average Bonchev–Trinajstić information content (AvgIpc) is 1.93. The first-order valence-electron chi connectivity index (χ1n) is 3.97. The molecule has 2 nitrogen and oxygen atoms in total. The third-order valence-corrected chi connectivity index (χ3v) is 3.15. The van der Waals surface area contributed by atoms with Gasteiger partial charge < -0.3 is 0 Å². The number of carbonyl (C=O) groups excluding carboxylic acids is 1. The summed E-state index contributed by atoms with van der Waals surface area (Å²) in [6.45, 7) is 1.68. The van der Waals surface area contributed by atoms with Crippen molar-refractivity contribution in [2.75, 3.05) is 18.7 Å². The van der Waals surface area contributed by atoms with Crippen molar-refractivity contribution in [3.63, 3.8) is 0 Å². The largest absolute Gasteiger partial charge is 0.300 e. The minimum Gasteiger partial charge on any atom is -0.300 e. The number of Topliss-reactive ketones (excluding diaryl/α,β-unsaturated/α-hetero) is 1. The monoisotopic (exact) mass is 173 g/mol. The third kappa shape index (κ3) is 2.83. The molecule has 1 aliphatic rings. The molecular weight excluding hydrogens is 158 g/mol. The molecular formula is C8H15NOS. The van der Waals surface area contributed by atoms with Crippen LogP contribution in [0.1, 0.15) is 19.8 Å². The van der Waals surface area contributed by atoms with E-state index in [-0.39, 0.29) is 0 Å². The van der Waals surface area contributed by atoms with Gasteiger partial charge in [-0.25, -0.2) is 0 Å². The molecule has 3 heteroatoms. The van der Waals surface area contributed by atoms with Crippen LogP contribution >= 0.6 is 11.8 Å². The topological polar surface area (TPSA) is 20.3 Å². The van der Waals surface area contributed by atoms with Crippen molar-refractivity contribution in [2.24, 2.45) is 0 Å². The number of thioether (sulfide) groups is 1. The van der Waals surface area contributed by atoms with Gasteiger partial charge in [0.15, 0.2) is 0 Å². The second-order valence-electron chi connectivity index (χ2n) is 3.14. The van der Waals surface area contributed by atoms with Crippen LogP contribution in [0.25, 0.3) is 0 Å². The molecule has 0 aromatic carbocycles. The summed E-state index contributed by atoms with van der Waals surface area (Å²) >= 11 is 1.95. The molecule has 0 aliphatic carbocycles. The van der Waals surface area contributed by atoms with Gasteiger partial charge in [0.1, 0.15) is 5.78 Å². The van der Waals surface area contributed by atoms with Gasteiger partial charge in [0.25, 0.3) is 0 Å². The average molecular weight is 173 g/mol. The Morgan fingerprint density at radius 2 is 2.45 bits per heavy atom. The number of hydrogen-bond donors (Lipinski definition) is 0. The van der Waals surface area contributed by atoms with Gasteiger partial charge in [-0.3, -0.25) is 9.69 Å². The Bertz CT molecular complexity index is 149. The van der Waals surface area contributed by atoms with E-state index < -0.39 is 0 Å². The molecule has 1 fully saturated rings. The summed E-state index contributed by atoms with van der Waals surface area (Å²) in [5.41, 5.74) is 0. The van der Waals surface area contributed by atoms with Crippen LogP contribution in [-0.4, -0.2) is 35.4 Å². The van der Waals surface area contributed by atoms with Crippen molar-refractivity contribution in [3.05, 3.63) is 0 Å². The van der Waals surface area contributed by atoms with Crippen LogP contribution in [0, 0.1) is 0 Å². The molecule has 0 aromatic rings. The van der Waals surface area contributed by atoms with E-state index in [4.69, 9.17) is 0 Å². The van der Waals surface area contributed by atoms with Gasteiger partial charge in [0.05, 0.1) is 0 Å². The van der Waals surface area contributed by atoms with Crippen LogP contribution in [-0.2, 0) is 4.79 Å². The highest BCUT2D eigenvalue weighted by Crippen LogP contribution is 2.20. The fraction of sp³-hybridized carbons (Fsp3) is 0.875. The Balaban J connectivity index is 2.35. The van der Waals surface area contributed by atoms with Crippen molar-refractivity contribution in [1.29, 1.82) is 0 Å². The SMILES string of the molecule is CC(=O)CC1CCSCN1C. The van der Waals surface area contributed by atoms with Gasteiger partial charge in [-0.15, -0.1) is 11.8 Å². The molecule has 11 heavy (non-hydrogen) atoms. The Hall–Kier alpha value is -0.0200. The Morgan fingerprint density at radius 1 is 1.73 bits per heavy atom. The van der Waals surface area contributed by atoms with Gasteiger partial charge in [-0.05, 0) is 26.1 Å². The van der Waals surface area contributed by atoms with Crippen LogP contribution < -0.4 is 0 Å². The zero-order valence-electron chi connectivity index (χ0n) is 7.17. The smallest absolute Gasteiger partial charge is 0.131 e. The Labute approximate surface area is 72.3 Å². The second-order valence-corrected chi connectivity index (χ2v) is 4.22. The summed E-state index contributed by atoms with van der Waals surface area (Å²) in [6, 6.07) is 0.508. The standard InChI is InChI=1S/C8H15NOS/c1-7(10)5-8-3-4-11-6-9(8)2/h8H,3-6H2,1-2H3. The molecule has 1 aliphatic heterocycles. The highest BCUT2D eigenvalue weighted by Gasteiger charge is 2.19. The van der Waals surface area contributed by atoms with Crippen molar-refractivity contribution in [1.82, 2.24) is 4.90 Å². The van der Waals surface area contributed by atoms with E-state index in [9.17, 15) is 4.79 Å². The molecule has 0 radical (unpaired) electrons. The molecule has 1 atom stereocenters. The van der Waals surface area contributed by atoms with Gasteiger partial charge in [0.2, 0.25) is 0 Å². The van der Waals surface area contributed by atoms with Crippen LogP contribution in [0.3, 0.4) is 0 Å². The molecule has 1 heterocycles. The molecule has 0 spiro atoms.